The zero-order chi connectivity index (χ0) is 14.4. The van der Waals surface area contributed by atoms with Crippen molar-refractivity contribution in [1.82, 2.24) is 5.32 Å². The monoisotopic (exact) mass is 278 g/mol. The van der Waals surface area contributed by atoms with Crippen LogP contribution in [0.25, 0.3) is 0 Å². The SMILES string of the molecule is CCCNC(CN(C)c1cccc(F)c1)C1CCCC1. The summed E-state index contributed by atoms with van der Waals surface area (Å²) in [6.45, 7) is 4.22. The highest BCUT2D eigenvalue weighted by Gasteiger charge is 2.25. The topological polar surface area (TPSA) is 15.3 Å². The largest absolute Gasteiger partial charge is 0.373 e. The summed E-state index contributed by atoms with van der Waals surface area (Å²) in [5, 5.41) is 3.69. The number of hydrogen-bond donors (Lipinski definition) is 1. The number of nitrogens with one attached hydrogen (secondary N) is 1. The Morgan fingerprint density at radius 3 is 2.75 bits per heavy atom. The van der Waals surface area contributed by atoms with E-state index in [2.05, 4.69) is 24.2 Å². The van der Waals surface area contributed by atoms with Gasteiger partial charge in [0.2, 0.25) is 0 Å². The maximum Gasteiger partial charge on any atom is 0.125 e. The van der Waals surface area contributed by atoms with Crippen LogP contribution in [0.3, 0.4) is 0 Å². The minimum atomic E-state index is -0.159. The van der Waals surface area contributed by atoms with Gasteiger partial charge in [0, 0.05) is 25.3 Å². The van der Waals surface area contributed by atoms with Crippen LogP contribution in [-0.2, 0) is 0 Å². The molecule has 0 bridgehead atoms. The smallest absolute Gasteiger partial charge is 0.125 e. The van der Waals surface area contributed by atoms with Crippen molar-refractivity contribution in [1.29, 1.82) is 0 Å². The summed E-state index contributed by atoms with van der Waals surface area (Å²) in [6, 6.07) is 7.40. The molecule has 1 atom stereocenters. The standard InChI is InChI=1S/C17H27FN2/c1-3-11-19-17(14-7-4-5-8-14)13-20(2)16-10-6-9-15(18)12-16/h6,9-10,12,14,17,19H,3-5,7-8,11,13H2,1-2H3. The molecule has 1 aliphatic rings. The molecular weight excluding hydrogens is 251 g/mol. The second kappa shape index (κ2) is 7.63. The molecule has 2 nitrogen and oxygen atoms in total. The summed E-state index contributed by atoms with van der Waals surface area (Å²) in [7, 11) is 2.06. The predicted octanol–water partition coefficient (Wildman–Crippen LogP) is 3.82. The Kier molecular flexibility index (Phi) is 5.84. The molecule has 1 aromatic carbocycles. The van der Waals surface area contributed by atoms with E-state index in [0.29, 0.717) is 6.04 Å². The average molecular weight is 278 g/mol. The van der Waals surface area contributed by atoms with E-state index >= 15 is 0 Å². The van der Waals surface area contributed by atoms with Crippen LogP contribution in [0.4, 0.5) is 10.1 Å². The molecule has 0 saturated heterocycles. The zero-order valence-corrected chi connectivity index (χ0v) is 12.7. The molecular formula is C17H27FN2. The predicted molar refractivity (Wildman–Crippen MR) is 83.7 cm³/mol. The number of halogens is 1. The molecule has 1 saturated carbocycles. The van der Waals surface area contributed by atoms with Gasteiger partial charge in [0.25, 0.3) is 0 Å². The van der Waals surface area contributed by atoms with E-state index in [0.717, 1.165) is 31.1 Å². The van der Waals surface area contributed by atoms with E-state index in [1.807, 2.05) is 6.07 Å². The number of anilines is 1. The molecule has 0 aliphatic heterocycles. The highest BCUT2D eigenvalue weighted by atomic mass is 19.1. The van der Waals surface area contributed by atoms with E-state index in [9.17, 15) is 4.39 Å². The third kappa shape index (κ3) is 4.20. The van der Waals surface area contributed by atoms with E-state index in [1.54, 1.807) is 12.1 Å². The van der Waals surface area contributed by atoms with Crippen molar-refractivity contribution in [2.24, 2.45) is 5.92 Å². The first-order valence-corrected chi connectivity index (χ1v) is 7.90. The van der Waals surface area contributed by atoms with Crippen LogP contribution in [0.1, 0.15) is 39.0 Å². The Balaban J connectivity index is 1.98. The van der Waals surface area contributed by atoms with Gasteiger partial charge in [-0.05, 0) is 49.9 Å². The number of hydrogen-bond acceptors (Lipinski definition) is 2. The van der Waals surface area contributed by atoms with Gasteiger partial charge >= 0.3 is 0 Å². The van der Waals surface area contributed by atoms with Crippen molar-refractivity contribution in [3.63, 3.8) is 0 Å². The quantitative estimate of drug-likeness (QED) is 0.815. The molecule has 0 amide bonds. The maximum absolute atomic E-state index is 13.3. The van der Waals surface area contributed by atoms with Crippen molar-refractivity contribution in [3.8, 4) is 0 Å². The molecule has 0 spiro atoms. The molecule has 0 heterocycles. The van der Waals surface area contributed by atoms with Gasteiger partial charge in [-0.25, -0.2) is 4.39 Å². The summed E-state index contributed by atoms with van der Waals surface area (Å²) in [5.41, 5.74) is 0.964. The Bertz CT molecular complexity index is 402. The van der Waals surface area contributed by atoms with Crippen LogP contribution in [-0.4, -0.2) is 26.2 Å². The lowest BCUT2D eigenvalue weighted by atomic mass is 9.97. The summed E-state index contributed by atoms with van der Waals surface area (Å²) in [4.78, 5) is 2.18. The minimum Gasteiger partial charge on any atom is -0.373 e. The number of rotatable bonds is 7. The van der Waals surface area contributed by atoms with Gasteiger partial charge in [-0.1, -0.05) is 25.8 Å². The first-order chi connectivity index (χ1) is 9.70. The maximum atomic E-state index is 13.3. The molecule has 1 N–H and O–H groups in total. The van der Waals surface area contributed by atoms with Crippen LogP contribution in [0.2, 0.25) is 0 Å². The van der Waals surface area contributed by atoms with Crippen LogP contribution in [0, 0.1) is 11.7 Å². The van der Waals surface area contributed by atoms with Crippen molar-refractivity contribution >= 4 is 5.69 Å². The lowest BCUT2D eigenvalue weighted by molar-refractivity contribution is 0.361. The molecule has 3 heteroatoms. The summed E-state index contributed by atoms with van der Waals surface area (Å²) in [6.07, 6.45) is 6.54. The molecule has 1 aliphatic carbocycles. The van der Waals surface area contributed by atoms with E-state index in [1.165, 1.54) is 31.7 Å². The van der Waals surface area contributed by atoms with Crippen molar-refractivity contribution < 1.29 is 4.39 Å². The van der Waals surface area contributed by atoms with Gasteiger partial charge in [0.1, 0.15) is 5.82 Å². The van der Waals surface area contributed by atoms with Gasteiger partial charge in [-0.15, -0.1) is 0 Å². The van der Waals surface area contributed by atoms with Crippen LogP contribution in [0.15, 0.2) is 24.3 Å². The average Bonchev–Trinajstić information content (AvgIpc) is 2.97. The summed E-state index contributed by atoms with van der Waals surface area (Å²) in [5.74, 6) is 0.617. The van der Waals surface area contributed by atoms with Gasteiger partial charge in [0.15, 0.2) is 0 Å². The minimum absolute atomic E-state index is 0.159. The Morgan fingerprint density at radius 2 is 2.10 bits per heavy atom. The third-order valence-corrected chi connectivity index (χ3v) is 4.34. The number of nitrogens with zero attached hydrogens (tertiary/aromatic N) is 1. The van der Waals surface area contributed by atoms with Crippen LogP contribution < -0.4 is 10.2 Å². The highest BCUT2D eigenvalue weighted by Crippen LogP contribution is 2.28. The Hall–Kier alpha value is -1.09. The van der Waals surface area contributed by atoms with Gasteiger partial charge in [-0.3, -0.25) is 0 Å². The van der Waals surface area contributed by atoms with Crippen LogP contribution >= 0.6 is 0 Å². The second-order valence-electron chi connectivity index (χ2n) is 5.97. The van der Waals surface area contributed by atoms with E-state index < -0.39 is 0 Å². The van der Waals surface area contributed by atoms with Crippen molar-refractivity contribution in [2.75, 3.05) is 25.0 Å². The molecule has 1 unspecified atom stereocenters. The summed E-state index contributed by atoms with van der Waals surface area (Å²) < 4.78 is 13.3. The first kappa shape index (κ1) is 15.3. The molecule has 2 rings (SSSR count). The molecule has 1 fully saturated rings. The fraction of sp³-hybridized carbons (Fsp3) is 0.647. The second-order valence-corrected chi connectivity index (χ2v) is 5.97. The number of likely N-dealkylation sites (N-methyl/N-ethyl adjacent to an activating group) is 1. The van der Waals surface area contributed by atoms with Crippen molar-refractivity contribution in [2.45, 2.75) is 45.1 Å². The van der Waals surface area contributed by atoms with E-state index in [4.69, 9.17) is 0 Å². The fourth-order valence-corrected chi connectivity index (χ4v) is 3.18. The van der Waals surface area contributed by atoms with Gasteiger partial charge in [-0.2, -0.15) is 0 Å². The number of benzene rings is 1. The van der Waals surface area contributed by atoms with Crippen LogP contribution in [0.5, 0.6) is 0 Å². The third-order valence-electron chi connectivity index (χ3n) is 4.34. The molecule has 0 aromatic heterocycles. The highest BCUT2D eigenvalue weighted by molar-refractivity contribution is 5.45. The van der Waals surface area contributed by atoms with Gasteiger partial charge < -0.3 is 10.2 Å². The molecule has 112 valence electrons. The fourth-order valence-electron chi connectivity index (χ4n) is 3.18. The first-order valence-electron chi connectivity index (χ1n) is 7.90. The lowest BCUT2D eigenvalue weighted by Crippen LogP contribution is -2.44. The van der Waals surface area contributed by atoms with E-state index in [-0.39, 0.29) is 5.82 Å². The van der Waals surface area contributed by atoms with Gasteiger partial charge in [0.05, 0.1) is 0 Å². The Labute approximate surface area is 122 Å². The zero-order valence-electron chi connectivity index (χ0n) is 12.7. The molecule has 0 radical (unpaired) electrons. The normalized spacial score (nSPS) is 17.4. The molecule has 1 aromatic rings. The lowest BCUT2D eigenvalue weighted by Gasteiger charge is -2.30. The molecule has 20 heavy (non-hydrogen) atoms. The van der Waals surface area contributed by atoms with Crippen molar-refractivity contribution in [3.05, 3.63) is 30.1 Å². The summed E-state index contributed by atoms with van der Waals surface area (Å²) >= 11 is 0. The Morgan fingerprint density at radius 1 is 1.35 bits per heavy atom.